The average molecular weight is 314 g/mol. The third kappa shape index (κ3) is 2.93. The van der Waals surface area contributed by atoms with E-state index in [-0.39, 0.29) is 17.9 Å². The molecule has 3 rings (SSSR count). The monoisotopic (exact) mass is 314 g/mol. The van der Waals surface area contributed by atoms with Gasteiger partial charge in [-0.25, -0.2) is 4.98 Å². The summed E-state index contributed by atoms with van der Waals surface area (Å²) in [6.07, 6.45) is 4.68. The summed E-state index contributed by atoms with van der Waals surface area (Å²) in [4.78, 5) is 31.3. The van der Waals surface area contributed by atoms with Gasteiger partial charge >= 0.3 is 0 Å². The van der Waals surface area contributed by atoms with Gasteiger partial charge < -0.3 is 10.2 Å². The molecule has 1 aliphatic rings. The highest BCUT2D eigenvalue weighted by Crippen LogP contribution is 2.17. The van der Waals surface area contributed by atoms with E-state index in [0.29, 0.717) is 17.0 Å². The zero-order valence-electron chi connectivity index (χ0n) is 13.6. The van der Waals surface area contributed by atoms with E-state index in [1.165, 1.54) is 0 Å². The van der Waals surface area contributed by atoms with E-state index in [0.717, 1.165) is 32.4 Å². The van der Waals surface area contributed by atoms with Crippen LogP contribution in [0, 0.1) is 0 Å². The molecular weight excluding hydrogens is 292 g/mol. The van der Waals surface area contributed by atoms with Crippen LogP contribution in [0.15, 0.2) is 24.4 Å². The van der Waals surface area contributed by atoms with Crippen LogP contribution in [0.1, 0.15) is 54.2 Å². The fourth-order valence-corrected chi connectivity index (χ4v) is 2.81. The normalized spacial score (nSPS) is 15.8. The standard InChI is InChI=1S/C17H22N4O2/c1-3-12(2)18-16(22)14-13-8-4-5-11-21(13)15(19-14)17(23)20-9-6-7-10-20/h4-5,8,11-12H,3,6-7,9-10H2,1-2H3,(H,18,22). The first-order chi connectivity index (χ1) is 11.1. The maximum atomic E-state index is 12.7. The van der Waals surface area contributed by atoms with Crippen LogP contribution in [-0.2, 0) is 0 Å². The molecule has 1 unspecified atom stereocenters. The van der Waals surface area contributed by atoms with Crippen LogP contribution in [0.25, 0.3) is 5.52 Å². The quantitative estimate of drug-likeness (QED) is 0.940. The molecule has 0 aromatic carbocycles. The fourth-order valence-electron chi connectivity index (χ4n) is 2.81. The SMILES string of the molecule is CCC(C)NC(=O)c1nc(C(=O)N2CCCC2)n2ccccc12. The second-order valence-electron chi connectivity index (χ2n) is 6.02. The molecule has 23 heavy (non-hydrogen) atoms. The van der Waals surface area contributed by atoms with Crippen molar-refractivity contribution in [1.82, 2.24) is 19.6 Å². The Hall–Kier alpha value is -2.37. The van der Waals surface area contributed by atoms with Crippen molar-refractivity contribution in [1.29, 1.82) is 0 Å². The Morgan fingerprint density at radius 2 is 2.04 bits per heavy atom. The first kappa shape index (κ1) is 15.5. The lowest BCUT2D eigenvalue weighted by Crippen LogP contribution is -2.32. The van der Waals surface area contributed by atoms with Gasteiger partial charge in [-0.3, -0.25) is 14.0 Å². The molecule has 122 valence electrons. The van der Waals surface area contributed by atoms with Crippen molar-refractivity contribution in [2.45, 2.75) is 39.2 Å². The first-order valence-electron chi connectivity index (χ1n) is 8.19. The van der Waals surface area contributed by atoms with Gasteiger partial charge in [0.15, 0.2) is 5.69 Å². The molecule has 0 aliphatic carbocycles. The lowest BCUT2D eigenvalue weighted by molar-refractivity contribution is 0.0780. The second kappa shape index (κ2) is 6.40. The van der Waals surface area contributed by atoms with Gasteiger partial charge in [0.1, 0.15) is 0 Å². The van der Waals surface area contributed by atoms with Crippen molar-refractivity contribution in [2.24, 2.45) is 0 Å². The van der Waals surface area contributed by atoms with Crippen LogP contribution in [0.2, 0.25) is 0 Å². The number of rotatable bonds is 4. The number of nitrogens with one attached hydrogen (secondary N) is 1. The van der Waals surface area contributed by atoms with E-state index in [4.69, 9.17) is 0 Å². The lowest BCUT2D eigenvalue weighted by Gasteiger charge is -2.13. The third-order valence-electron chi connectivity index (χ3n) is 4.34. The minimum Gasteiger partial charge on any atom is -0.348 e. The van der Waals surface area contributed by atoms with Crippen molar-refractivity contribution in [2.75, 3.05) is 13.1 Å². The van der Waals surface area contributed by atoms with Crippen LogP contribution in [0.5, 0.6) is 0 Å². The van der Waals surface area contributed by atoms with Gasteiger partial charge in [0.25, 0.3) is 11.8 Å². The highest BCUT2D eigenvalue weighted by Gasteiger charge is 2.26. The number of hydrogen-bond acceptors (Lipinski definition) is 3. The summed E-state index contributed by atoms with van der Waals surface area (Å²) in [5.41, 5.74) is 0.976. The Morgan fingerprint density at radius 3 is 2.74 bits per heavy atom. The summed E-state index contributed by atoms with van der Waals surface area (Å²) >= 11 is 0. The second-order valence-corrected chi connectivity index (χ2v) is 6.02. The number of likely N-dealkylation sites (tertiary alicyclic amines) is 1. The molecule has 6 heteroatoms. The highest BCUT2D eigenvalue weighted by molar-refractivity contribution is 6.02. The molecule has 1 saturated heterocycles. The van der Waals surface area contributed by atoms with Crippen LogP contribution < -0.4 is 5.32 Å². The van der Waals surface area contributed by atoms with Crippen molar-refractivity contribution in [3.63, 3.8) is 0 Å². The maximum Gasteiger partial charge on any atom is 0.290 e. The smallest absolute Gasteiger partial charge is 0.290 e. The Bertz CT molecular complexity index is 731. The van der Waals surface area contributed by atoms with Gasteiger partial charge in [0.05, 0.1) is 5.52 Å². The Morgan fingerprint density at radius 1 is 1.30 bits per heavy atom. The number of aromatic nitrogens is 2. The van der Waals surface area contributed by atoms with Gasteiger partial charge in [-0.1, -0.05) is 13.0 Å². The van der Waals surface area contributed by atoms with Gasteiger partial charge in [-0.05, 0) is 38.3 Å². The van der Waals surface area contributed by atoms with Crippen molar-refractivity contribution >= 4 is 17.3 Å². The summed E-state index contributed by atoms with van der Waals surface area (Å²) in [5, 5.41) is 2.92. The molecule has 1 atom stereocenters. The van der Waals surface area contributed by atoms with Gasteiger partial charge in [0.2, 0.25) is 5.82 Å². The fraction of sp³-hybridized carbons (Fsp3) is 0.471. The molecule has 6 nitrogen and oxygen atoms in total. The lowest BCUT2D eigenvalue weighted by atomic mass is 10.2. The van der Waals surface area contributed by atoms with Crippen molar-refractivity contribution in [3.8, 4) is 0 Å². The molecule has 1 N–H and O–H groups in total. The molecule has 0 spiro atoms. The summed E-state index contributed by atoms with van der Waals surface area (Å²) in [7, 11) is 0. The number of amides is 2. The Labute approximate surface area is 135 Å². The zero-order valence-corrected chi connectivity index (χ0v) is 13.6. The van der Waals surface area contributed by atoms with Gasteiger partial charge in [-0.2, -0.15) is 0 Å². The number of nitrogens with zero attached hydrogens (tertiary/aromatic N) is 3. The molecule has 1 fully saturated rings. The topological polar surface area (TPSA) is 66.7 Å². The van der Waals surface area contributed by atoms with Crippen molar-refractivity contribution in [3.05, 3.63) is 35.9 Å². The van der Waals surface area contributed by atoms with E-state index in [1.54, 1.807) is 15.5 Å². The summed E-state index contributed by atoms with van der Waals surface area (Å²) in [5.74, 6) is -0.0217. The molecule has 0 bridgehead atoms. The van der Waals surface area contributed by atoms with E-state index in [2.05, 4.69) is 10.3 Å². The average Bonchev–Trinajstić information content (AvgIpc) is 3.22. The van der Waals surface area contributed by atoms with Gasteiger partial charge in [-0.15, -0.1) is 0 Å². The number of carbonyl (C=O) groups is 2. The predicted molar refractivity (Wildman–Crippen MR) is 87.5 cm³/mol. The Balaban J connectivity index is 1.99. The molecule has 0 radical (unpaired) electrons. The largest absolute Gasteiger partial charge is 0.348 e. The molecule has 0 saturated carbocycles. The summed E-state index contributed by atoms with van der Waals surface area (Å²) in [6.45, 7) is 5.48. The molecule has 3 heterocycles. The predicted octanol–water partition coefficient (Wildman–Crippen LogP) is 2.10. The molecule has 2 amide bonds. The number of carbonyl (C=O) groups excluding carboxylic acids is 2. The number of hydrogen-bond donors (Lipinski definition) is 1. The summed E-state index contributed by atoms with van der Waals surface area (Å²) in [6, 6.07) is 5.58. The number of fused-ring (bicyclic) bond motifs is 1. The first-order valence-corrected chi connectivity index (χ1v) is 8.19. The van der Waals surface area contributed by atoms with Gasteiger partial charge in [0, 0.05) is 25.3 Å². The summed E-state index contributed by atoms with van der Waals surface area (Å²) < 4.78 is 1.71. The number of imidazole rings is 1. The van der Waals surface area contributed by atoms with Crippen LogP contribution in [-0.4, -0.2) is 45.2 Å². The van der Waals surface area contributed by atoms with E-state index in [9.17, 15) is 9.59 Å². The zero-order chi connectivity index (χ0) is 16.4. The molecular formula is C17H22N4O2. The van der Waals surface area contributed by atoms with E-state index in [1.807, 2.05) is 32.0 Å². The maximum absolute atomic E-state index is 12.7. The minimum atomic E-state index is -0.233. The highest BCUT2D eigenvalue weighted by atomic mass is 16.2. The Kier molecular flexibility index (Phi) is 4.32. The van der Waals surface area contributed by atoms with Crippen LogP contribution >= 0.6 is 0 Å². The van der Waals surface area contributed by atoms with E-state index >= 15 is 0 Å². The molecule has 1 aliphatic heterocycles. The third-order valence-corrected chi connectivity index (χ3v) is 4.34. The van der Waals surface area contributed by atoms with Crippen LogP contribution in [0.3, 0.4) is 0 Å². The molecule has 2 aromatic rings. The van der Waals surface area contributed by atoms with Crippen LogP contribution in [0.4, 0.5) is 0 Å². The van der Waals surface area contributed by atoms with E-state index < -0.39 is 0 Å². The molecule has 2 aromatic heterocycles. The number of pyridine rings is 1. The van der Waals surface area contributed by atoms with Crippen molar-refractivity contribution < 1.29 is 9.59 Å². The minimum absolute atomic E-state index is 0.0701.